The first-order valence-electron chi connectivity index (χ1n) is 8.12. The number of carbonyl (C=O) groups is 1. The summed E-state index contributed by atoms with van der Waals surface area (Å²) in [5, 5.41) is 4.72. The number of likely N-dealkylation sites (tertiary alicyclic amines) is 1. The van der Waals surface area contributed by atoms with E-state index in [4.69, 9.17) is 20.9 Å². The minimum Gasteiger partial charge on any atom is -0.372 e. The number of aromatic nitrogens is 2. The second-order valence-corrected chi connectivity index (χ2v) is 6.22. The molecular formula is C17H20ClN3O3. The van der Waals surface area contributed by atoms with Crippen molar-refractivity contribution in [2.75, 3.05) is 26.3 Å². The fraction of sp³-hybridized carbons (Fsp3) is 0.471. The van der Waals surface area contributed by atoms with Crippen LogP contribution in [-0.2, 0) is 9.53 Å². The first-order chi connectivity index (χ1) is 11.7. The van der Waals surface area contributed by atoms with Crippen molar-refractivity contribution >= 4 is 17.5 Å². The zero-order chi connectivity index (χ0) is 16.9. The molecule has 0 aliphatic carbocycles. The van der Waals surface area contributed by atoms with E-state index in [2.05, 4.69) is 10.1 Å². The minimum absolute atomic E-state index is 0.0130. The third kappa shape index (κ3) is 3.94. The summed E-state index contributed by atoms with van der Waals surface area (Å²) in [5.74, 6) is 1.20. The molecule has 0 N–H and O–H groups in total. The molecule has 0 radical (unpaired) electrons. The number of ether oxygens (including phenoxy) is 1. The summed E-state index contributed by atoms with van der Waals surface area (Å²) >= 11 is 5.90. The summed E-state index contributed by atoms with van der Waals surface area (Å²) in [7, 11) is 0. The Balaban J connectivity index is 1.68. The standard InChI is InChI=1S/C17H20ClN3O3/c1-2-23-11-15(22)21-9-3-4-13(10-21)17-19-16(20-24-17)12-5-7-14(18)8-6-12/h5-8,13H,2-4,9-11H2,1H3. The predicted molar refractivity (Wildman–Crippen MR) is 89.8 cm³/mol. The molecule has 1 fully saturated rings. The van der Waals surface area contributed by atoms with Crippen molar-refractivity contribution in [3.05, 3.63) is 35.2 Å². The third-order valence-electron chi connectivity index (χ3n) is 4.10. The average Bonchev–Trinajstić information content (AvgIpc) is 3.10. The number of halogens is 1. The monoisotopic (exact) mass is 349 g/mol. The van der Waals surface area contributed by atoms with Crippen molar-refractivity contribution in [1.82, 2.24) is 15.0 Å². The van der Waals surface area contributed by atoms with Gasteiger partial charge in [-0.05, 0) is 44.0 Å². The van der Waals surface area contributed by atoms with E-state index in [-0.39, 0.29) is 18.4 Å². The molecule has 2 aromatic rings. The van der Waals surface area contributed by atoms with Crippen LogP contribution in [0.25, 0.3) is 11.4 Å². The molecule has 7 heteroatoms. The summed E-state index contributed by atoms with van der Waals surface area (Å²) in [4.78, 5) is 18.4. The first-order valence-corrected chi connectivity index (χ1v) is 8.50. The number of hydrogen-bond acceptors (Lipinski definition) is 5. The van der Waals surface area contributed by atoms with Crippen LogP contribution in [0.2, 0.25) is 5.02 Å². The Labute approximate surface area is 145 Å². The topological polar surface area (TPSA) is 68.5 Å². The van der Waals surface area contributed by atoms with Gasteiger partial charge in [-0.25, -0.2) is 0 Å². The smallest absolute Gasteiger partial charge is 0.248 e. The van der Waals surface area contributed by atoms with Gasteiger partial charge in [-0.15, -0.1) is 0 Å². The number of piperidine rings is 1. The van der Waals surface area contributed by atoms with Gasteiger partial charge in [-0.3, -0.25) is 4.79 Å². The summed E-state index contributed by atoms with van der Waals surface area (Å²) in [6.07, 6.45) is 1.85. The lowest BCUT2D eigenvalue weighted by atomic mass is 9.98. The number of nitrogens with zero attached hydrogens (tertiary/aromatic N) is 3. The van der Waals surface area contributed by atoms with E-state index in [1.807, 2.05) is 24.0 Å². The molecule has 0 saturated carbocycles. The molecule has 1 saturated heterocycles. The Morgan fingerprint density at radius 1 is 1.42 bits per heavy atom. The van der Waals surface area contributed by atoms with Gasteiger partial charge in [0, 0.05) is 30.3 Å². The van der Waals surface area contributed by atoms with E-state index < -0.39 is 0 Å². The van der Waals surface area contributed by atoms with Crippen LogP contribution in [0.1, 0.15) is 31.6 Å². The molecule has 0 spiro atoms. The van der Waals surface area contributed by atoms with E-state index >= 15 is 0 Å². The second kappa shape index (κ2) is 7.77. The maximum Gasteiger partial charge on any atom is 0.248 e. The molecular weight excluding hydrogens is 330 g/mol. The van der Waals surface area contributed by atoms with Gasteiger partial charge < -0.3 is 14.2 Å². The highest BCUT2D eigenvalue weighted by Crippen LogP contribution is 2.28. The van der Waals surface area contributed by atoms with Gasteiger partial charge >= 0.3 is 0 Å². The second-order valence-electron chi connectivity index (χ2n) is 5.78. The van der Waals surface area contributed by atoms with Crippen LogP contribution < -0.4 is 0 Å². The van der Waals surface area contributed by atoms with Crippen LogP contribution in [0.15, 0.2) is 28.8 Å². The first kappa shape index (κ1) is 16.9. The van der Waals surface area contributed by atoms with E-state index in [0.717, 1.165) is 24.9 Å². The lowest BCUT2D eigenvalue weighted by molar-refractivity contribution is -0.137. The van der Waals surface area contributed by atoms with Gasteiger partial charge in [-0.2, -0.15) is 4.98 Å². The van der Waals surface area contributed by atoms with Crippen LogP contribution in [0.3, 0.4) is 0 Å². The van der Waals surface area contributed by atoms with Crippen LogP contribution >= 0.6 is 11.6 Å². The van der Waals surface area contributed by atoms with Gasteiger partial charge in [0.2, 0.25) is 17.6 Å². The lowest BCUT2D eigenvalue weighted by Crippen LogP contribution is -2.41. The molecule has 3 rings (SSSR count). The molecule has 1 aromatic carbocycles. The number of benzene rings is 1. The number of amides is 1. The Morgan fingerprint density at radius 3 is 2.96 bits per heavy atom. The highest BCUT2D eigenvalue weighted by atomic mass is 35.5. The van der Waals surface area contributed by atoms with Gasteiger partial charge in [0.05, 0.1) is 5.92 Å². The summed E-state index contributed by atoms with van der Waals surface area (Å²) in [6.45, 7) is 3.89. The summed E-state index contributed by atoms with van der Waals surface area (Å²) in [6, 6.07) is 7.30. The number of rotatable bonds is 5. The predicted octanol–water partition coefficient (Wildman–Crippen LogP) is 3.13. The van der Waals surface area contributed by atoms with Gasteiger partial charge in [0.1, 0.15) is 6.61 Å². The SMILES string of the molecule is CCOCC(=O)N1CCCC(c2nc(-c3ccc(Cl)cc3)no2)C1. The maximum absolute atomic E-state index is 12.1. The van der Waals surface area contributed by atoms with Gasteiger partial charge in [0.25, 0.3) is 0 Å². The van der Waals surface area contributed by atoms with Gasteiger partial charge in [0.15, 0.2) is 0 Å². The maximum atomic E-state index is 12.1. The molecule has 0 bridgehead atoms. The summed E-state index contributed by atoms with van der Waals surface area (Å²) < 4.78 is 10.6. The van der Waals surface area contributed by atoms with Crippen molar-refractivity contribution in [3.63, 3.8) is 0 Å². The van der Waals surface area contributed by atoms with Crippen molar-refractivity contribution in [2.45, 2.75) is 25.7 Å². The quantitative estimate of drug-likeness (QED) is 0.829. The van der Waals surface area contributed by atoms with E-state index in [1.54, 1.807) is 12.1 Å². The van der Waals surface area contributed by atoms with Crippen molar-refractivity contribution in [2.24, 2.45) is 0 Å². The average molecular weight is 350 g/mol. The molecule has 1 aromatic heterocycles. The van der Waals surface area contributed by atoms with Crippen LogP contribution in [0.4, 0.5) is 0 Å². The number of hydrogen-bond donors (Lipinski definition) is 0. The van der Waals surface area contributed by atoms with Crippen LogP contribution in [-0.4, -0.2) is 47.3 Å². The fourth-order valence-corrected chi connectivity index (χ4v) is 2.93. The Bertz CT molecular complexity index is 687. The highest BCUT2D eigenvalue weighted by Gasteiger charge is 2.28. The molecule has 1 aliphatic rings. The molecule has 1 aliphatic heterocycles. The Hall–Kier alpha value is -1.92. The normalized spacial score (nSPS) is 17.9. The molecule has 128 valence electrons. The molecule has 1 amide bonds. The zero-order valence-electron chi connectivity index (χ0n) is 13.6. The van der Waals surface area contributed by atoms with Crippen molar-refractivity contribution < 1.29 is 14.1 Å². The van der Waals surface area contributed by atoms with Crippen LogP contribution in [0, 0.1) is 0 Å². The highest BCUT2D eigenvalue weighted by molar-refractivity contribution is 6.30. The van der Waals surface area contributed by atoms with E-state index in [0.29, 0.717) is 29.9 Å². The lowest BCUT2D eigenvalue weighted by Gasteiger charge is -2.30. The molecule has 1 unspecified atom stereocenters. The Kier molecular flexibility index (Phi) is 5.48. The van der Waals surface area contributed by atoms with Crippen molar-refractivity contribution in [1.29, 1.82) is 0 Å². The molecule has 2 heterocycles. The largest absolute Gasteiger partial charge is 0.372 e. The zero-order valence-corrected chi connectivity index (χ0v) is 14.3. The van der Waals surface area contributed by atoms with E-state index in [1.165, 1.54) is 0 Å². The fourth-order valence-electron chi connectivity index (χ4n) is 2.80. The summed E-state index contributed by atoms with van der Waals surface area (Å²) in [5.41, 5.74) is 0.856. The Morgan fingerprint density at radius 2 is 2.21 bits per heavy atom. The van der Waals surface area contributed by atoms with Crippen LogP contribution in [0.5, 0.6) is 0 Å². The third-order valence-corrected chi connectivity index (χ3v) is 4.35. The van der Waals surface area contributed by atoms with Crippen molar-refractivity contribution in [3.8, 4) is 11.4 Å². The molecule has 24 heavy (non-hydrogen) atoms. The number of carbonyl (C=O) groups excluding carboxylic acids is 1. The van der Waals surface area contributed by atoms with E-state index in [9.17, 15) is 4.79 Å². The molecule has 6 nitrogen and oxygen atoms in total. The molecule has 1 atom stereocenters. The minimum atomic E-state index is 0.0130. The van der Waals surface area contributed by atoms with Gasteiger partial charge in [-0.1, -0.05) is 16.8 Å².